The number of hydrogen-bond donors (Lipinski definition) is 1. The van der Waals surface area contributed by atoms with Crippen molar-refractivity contribution in [3.63, 3.8) is 0 Å². The summed E-state index contributed by atoms with van der Waals surface area (Å²) in [5, 5.41) is 3.73. The van der Waals surface area contributed by atoms with E-state index in [1.165, 1.54) is 50.8 Å². The Morgan fingerprint density at radius 3 is 2.70 bits per heavy atom. The molecule has 1 aliphatic heterocycles. The Hall–Kier alpha value is -0.860. The molecule has 1 aromatic rings. The first kappa shape index (κ1) is 14.1. The van der Waals surface area contributed by atoms with Gasteiger partial charge in [0.15, 0.2) is 0 Å². The highest BCUT2D eigenvalue weighted by atomic mass is 15.2. The van der Waals surface area contributed by atoms with E-state index in [2.05, 4.69) is 47.5 Å². The van der Waals surface area contributed by atoms with Crippen LogP contribution in [0.15, 0.2) is 30.3 Å². The number of benzene rings is 1. The molecule has 0 radical (unpaired) electrons. The Bertz CT molecular complexity index is 399. The van der Waals surface area contributed by atoms with Crippen molar-refractivity contribution in [1.82, 2.24) is 10.2 Å². The summed E-state index contributed by atoms with van der Waals surface area (Å²) in [5.74, 6) is 1.04. The van der Waals surface area contributed by atoms with E-state index in [0.717, 1.165) is 12.5 Å². The van der Waals surface area contributed by atoms with Crippen molar-refractivity contribution in [1.29, 1.82) is 0 Å². The lowest BCUT2D eigenvalue weighted by Gasteiger charge is -2.40. The summed E-state index contributed by atoms with van der Waals surface area (Å²) in [7, 11) is 0. The maximum Gasteiger partial charge on any atom is 0.0261 e. The molecule has 2 heteroatoms. The lowest BCUT2D eigenvalue weighted by molar-refractivity contribution is 0.124. The predicted octanol–water partition coefficient (Wildman–Crippen LogP) is 3.08. The molecule has 1 N–H and O–H groups in total. The lowest BCUT2D eigenvalue weighted by atomic mass is 9.99. The fourth-order valence-electron chi connectivity index (χ4n) is 3.32. The molecule has 3 rings (SSSR count). The van der Waals surface area contributed by atoms with Crippen LogP contribution < -0.4 is 5.32 Å². The van der Waals surface area contributed by atoms with Gasteiger partial charge in [0.25, 0.3) is 0 Å². The maximum atomic E-state index is 3.73. The molecule has 2 unspecified atom stereocenters. The summed E-state index contributed by atoms with van der Waals surface area (Å²) in [6.45, 7) is 5.99. The van der Waals surface area contributed by atoms with Gasteiger partial charge in [0, 0.05) is 25.2 Å². The van der Waals surface area contributed by atoms with E-state index in [9.17, 15) is 0 Å². The molecule has 110 valence electrons. The fourth-order valence-corrected chi connectivity index (χ4v) is 3.32. The van der Waals surface area contributed by atoms with Gasteiger partial charge in [-0.15, -0.1) is 0 Å². The third-order valence-corrected chi connectivity index (χ3v) is 4.94. The first-order valence-corrected chi connectivity index (χ1v) is 8.36. The molecule has 2 aliphatic rings. The second-order valence-corrected chi connectivity index (χ2v) is 6.58. The summed E-state index contributed by atoms with van der Waals surface area (Å²) >= 11 is 0. The zero-order valence-electron chi connectivity index (χ0n) is 12.7. The molecule has 0 bridgehead atoms. The minimum absolute atomic E-state index is 0.680. The van der Waals surface area contributed by atoms with Gasteiger partial charge < -0.3 is 5.32 Å². The molecule has 0 spiro atoms. The van der Waals surface area contributed by atoms with Crippen LogP contribution >= 0.6 is 0 Å². The largest absolute Gasteiger partial charge is 0.311 e. The van der Waals surface area contributed by atoms with Crippen molar-refractivity contribution in [2.24, 2.45) is 5.92 Å². The smallest absolute Gasteiger partial charge is 0.0261 e. The van der Waals surface area contributed by atoms with Crippen molar-refractivity contribution in [3.8, 4) is 0 Å². The Kier molecular flexibility index (Phi) is 4.74. The SMILES string of the molecule is CCC1CN(CCC2CC2)C(Cc2ccccc2)CN1. The number of rotatable bonds is 6. The zero-order valence-corrected chi connectivity index (χ0v) is 12.7. The molecular weight excluding hydrogens is 244 g/mol. The van der Waals surface area contributed by atoms with Crippen LogP contribution in [0.4, 0.5) is 0 Å². The third kappa shape index (κ3) is 3.83. The summed E-state index contributed by atoms with van der Waals surface area (Å²) in [4.78, 5) is 2.76. The second kappa shape index (κ2) is 6.73. The van der Waals surface area contributed by atoms with Gasteiger partial charge in [0.2, 0.25) is 0 Å². The van der Waals surface area contributed by atoms with Gasteiger partial charge in [-0.25, -0.2) is 0 Å². The van der Waals surface area contributed by atoms with E-state index in [1.54, 1.807) is 0 Å². The van der Waals surface area contributed by atoms with Crippen molar-refractivity contribution in [2.45, 2.75) is 51.1 Å². The second-order valence-electron chi connectivity index (χ2n) is 6.58. The molecule has 1 heterocycles. The van der Waals surface area contributed by atoms with E-state index in [0.29, 0.717) is 12.1 Å². The van der Waals surface area contributed by atoms with Crippen LogP contribution in [0.3, 0.4) is 0 Å². The lowest BCUT2D eigenvalue weighted by Crippen LogP contribution is -2.57. The number of hydrogen-bond acceptors (Lipinski definition) is 2. The number of nitrogens with zero attached hydrogens (tertiary/aromatic N) is 1. The molecule has 0 aromatic heterocycles. The van der Waals surface area contributed by atoms with E-state index < -0.39 is 0 Å². The minimum atomic E-state index is 0.680. The van der Waals surface area contributed by atoms with Crippen LogP contribution in [0.5, 0.6) is 0 Å². The van der Waals surface area contributed by atoms with Gasteiger partial charge >= 0.3 is 0 Å². The van der Waals surface area contributed by atoms with Crippen LogP contribution in [0.1, 0.15) is 38.2 Å². The molecule has 1 aliphatic carbocycles. The van der Waals surface area contributed by atoms with Gasteiger partial charge in [-0.05, 0) is 37.3 Å². The van der Waals surface area contributed by atoms with Crippen molar-refractivity contribution >= 4 is 0 Å². The average molecular weight is 272 g/mol. The normalized spacial score (nSPS) is 27.6. The standard InChI is InChI=1S/C18H28N2/c1-2-17-14-20(11-10-15-8-9-15)18(13-19-17)12-16-6-4-3-5-7-16/h3-7,15,17-19H,2,8-14H2,1H3. The van der Waals surface area contributed by atoms with E-state index in [4.69, 9.17) is 0 Å². The van der Waals surface area contributed by atoms with Gasteiger partial charge in [0.1, 0.15) is 0 Å². The van der Waals surface area contributed by atoms with Crippen molar-refractivity contribution in [2.75, 3.05) is 19.6 Å². The molecule has 2 nitrogen and oxygen atoms in total. The van der Waals surface area contributed by atoms with Crippen LogP contribution in [0, 0.1) is 5.92 Å². The molecule has 2 atom stereocenters. The average Bonchev–Trinajstić information content (AvgIpc) is 3.31. The Morgan fingerprint density at radius 1 is 1.20 bits per heavy atom. The number of piperazine rings is 1. The van der Waals surface area contributed by atoms with Gasteiger partial charge in [-0.2, -0.15) is 0 Å². The van der Waals surface area contributed by atoms with Gasteiger partial charge in [0.05, 0.1) is 0 Å². The Morgan fingerprint density at radius 2 is 2.00 bits per heavy atom. The van der Waals surface area contributed by atoms with Crippen LogP contribution in [-0.2, 0) is 6.42 Å². The quantitative estimate of drug-likeness (QED) is 0.856. The van der Waals surface area contributed by atoms with Gasteiger partial charge in [-0.3, -0.25) is 4.90 Å². The third-order valence-electron chi connectivity index (χ3n) is 4.94. The highest BCUT2D eigenvalue weighted by molar-refractivity contribution is 5.16. The molecule has 1 aromatic carbocycles. The van der Waals surface area contributed by atoms with Gasteiger partial charge in [-0.1, -0.05) is 50.1 Å². The first-order valence-electron chi connectivity index (χ1n) is 8.36. The monoisotopic (exact) mass is 272 g/mol. The summed E-state index contributed by atoms with van der Waals surface area (Å²) in [6.07, 6.45) is 6.81. The molecule has 0 amide bonds. The topological polar surface area (TPSA) is 15.3 Å². The molecule has 2 fully saturated rings. The molecule has 1 saturated carbocycles. The van der Waals surface area contributed by atoms with Crippen LogP contribution in [-0.4, -0.2) is 36.6 Å². The van der Waals surface area contributed by atoms with Crippen molar-refractivity contribution in [3.05, 3.63) is 35.9 Å². The van der Waals surface area contributed by atoms with E-state index >= 15 is 0 Å². The van der Waals surface area contributed by atoms with E-state index in [-0.39, 0.29) is 0 Å². The Balaban J connectivity index is 1.59. The van der Waals surface area contributed by atoms with E-state index in [1.807, 2.05) is 0 Å². The fraction of sp³-hybridized carbons (Fsp3) is 0.667. The zero-order chi connectivity index (χ0) is 13.8. The summed E-state index contributed by atoms with van der Waals surface area (Å²) in [6, 6.07) is 12.3. The predicted molar refractivity (Wildman–Crippen MR) is 84.9 cm³/mol. The summed E-state index contributed by atoms with van der Waals surface area (Å²) in [5.41, 5.74) is 1.48. The first-order chi connectivity index (χ1) is 9.85. The highest BCUT2D eigenvalue weighted by Crippen LogP contribution is 2.33. The maximum absolute atomic E-state index is 3.73. The summed E-state index contributed by atoms with van der Waals surface area (Å²) < 4.78 is 0. The molecule has 20 heavy (non-hydrogen) atoms. The highest BCUT2D eigenvalue weighted by Gasteiger charge is 2.29. The minimum Gasteiger partial charge on any atom is -0.311 e. The number of nitrogens with one attached hydrogen (secondary N) is 1. The van der Waals surface area contributed by atoms with Crippen molar-refractivity contribution < 1.29 is 0 Å². The molecular formula is C18H28N2. The van der Waals surface area contributed by atoms with Crippen LogP contribution in [0.2, 0.25) is 0 Å². The van der Waals surface area contributed by atoms with Crippen LogP contribution in [0.25, 0.3) is 0 Å². The molecule has 1 saturated heterocycles. The Labute approximate surface area is 123 Å².